The summed E-state index contributed by atoms with van der Waals surface area (Å²) in [4.78, 5) is 43.3. The molecule has 222 valence electrons. The molecule has 10 nitrogen and oxygen atoms in total. The van der Waals surface area contributed by atoms with Crippen molar-refractivity contribution in [3.63, 3.8) is 0 Å². The van der Waals surface area contributed by atoms with Crippen LogP contribution < -0.4 is 15.8 Å². The van der Waals surface area contributed by atoms with Gasteiger partial charge in [-0.2, -0.15) is 0 Å². The SMILES string of the molecule is C[C@](O)(CCC(=O)c1cc(Nc2cncnc2)c2ncccc2c1)c1cc2c(c(-c3ccc(F)cc3)n1)OC[C@]2(C)C(N)=O. The van der Waals surface area contributed by atoms with Gasteiger partial charge in [-0.15, -0.1) is 0 Å². The number of ether oxygens (including phenoxy) is 1. The number of anilines is 2. The van der Waals surface area contributed by atoms with Crippen molar-refractivity contribution in [1.29, 1.82) is 0 Å². The summed E-state index contributed by atoms with van der Waals surface area (Å²) >= 11 is 0. The summed E-state index contributed by atoms with van der Waals surface area (Å²) in [5.74, 6) is -0.865. The van der Waals surface area contributed by atoms with Crippen LogP contribution in [0.2, 0.25) is 0 Å². The molecule has 44 heavy (non-hydrogen) atoms. The number of nitrogens with two attached hydrogens (primary N) is 1. The molecule has 4 N–H and O–H groups in total. The minimum Gasteiger partial charge on any atom is -0.489 e. The maximum atomic E-state index is 13.7. The topological polar surface area (TPSA) is 153 Å². The third kappa shape index (κ3) is 5.33. The number of aromatic nitrogens is 4. The van der Waals surface area contributed by atoms with Crippen molar-refractivity contribution in [2.75, 3.05) is 11.9 Å². The van der Waals surface area contributed by atoms with Crippen LogP contribution in [0.25, 0.3) is 22.2 Å². The first-order valence-corrected chi connectivity index (χ1v) is 14.0. The van der Waals surface area contributed by atoms with Gasteiger partial charge in [0.05, 0.1) is 35.0 Å². The number of hydrogen-bond donors (Lipinski definition) is 3. The van der Waals surface area contributed by atoms with Crippen molar-refractivity contribution in [3.05, 3.63) is 102 Å². The van der Waals surface area contributed by atoms with Crippen molar-refractivity contribution >= 4 is 34.0 Å². The van der Waals surface area contributed by atoms with Crippen molar-refractivity contribution < 1.29 is 23.8 Å². The third-order valence-corrected chi connectivity index (χ3v) is 7.99. The van der Waals surface area contributed by atoms with E-state index in [1.165, 1.54) is 18.5 Å². The first-order valence-electron chi connectivity index (χ1n) is 14.0. The molecule has 0 bridgehead atoms. The monoisotopic (exact) mass is 592 g/mol. The number of halogens is 1. The third-order valence-electron chi connectivity index (χ3n) is 7.99. The van der Waals surface area contributed by atoms with E-state index < -0.39 is 22.7 Å². The molecule has 6 rings (SSSR count). The van der Waals surface area contributed by atoms with Crippen molar-refractivity contribution in [2.45, 2.75) is 37.7 Å². The average molecular weight is 593 g/mol. The van der Waals surface area contributed by atoms with Gasteiger partial charge in [0.25, 0.3) is 0 Å². The Morgan fingerprint density at radius 2 is 1.89 bits per heavy atom. The number of primary amides is 1. The van der Waals surface area contributed by atoms with E-state index in [2.05, 4.69) is 20.3 Å². The zero-order valence-corrected chi connectivity index (χ0v) is 24.0. The number of ketones is 1. The lowest BCUT2D eigenvalue weighted by Gasteiger charge is -2.26. The minimum atomic E-state index is -1.58. The predicted molar refractivity (Wildman–Crippen MR) is 162 cm³/mol. The molecule has 11 heteroatoms. The molecule has 0 saturated heterocycles. The van der Waals surface area contributed by atoms with Gasteiger partial charge in [0.2, 0.25) is 5.91 Å². The number of carbonyl (C=O) groups is 2. The molecule has 3 aromatic heterocycles. The standard InChI is InChI=1S/C33H29FN6O4/c1-32(31(35)42)17-44-30-24(32)14-27(40-29(30)19-5-7-22(34)8-6-19)33(2,43)10-9-26(41)21-12-20-4-3-11-38-28(20)25(13-21)39-23-15-36-18-37-16-23/h3-8,11-16,18,39,43H,9-10,17H2,1-2H3,(H2,35,42)/t32-,33-/m0/s1. The number of nitrogens with zero attached hydrogens (tertiary/aromatic N) is 4. The molecule has 0 spiro atoms. The van der Waals surface area contributed by atoms with Crippen LogP contribution in [0.5, 0.6) is 5.75 Å². The van der Waals surface area contributed by atoms with Gasteiger partial charge in [0.1, 0.15) is 41.2 Å². The second-order valence-corrected chi connectivity index (χ2v) is 11.3. The van der Waals surface area contributed by atoms with Crippen LogP contribution in [0.1, 0.15) is 48.3 Å². The molecular weight excluding hydrogens is 563 g/mol. The summed E-state index contributed by atoms with van der Waals surface area (Å²) in [7, 11) is 0. The van der Waals surface area contributed by atoms with Crippen LogP contribution >= 0.6 is 0 Å². The van der Waals surface area contributed by atoms with Crippen molar-refractivity contribution in [3.8, 4) is 17.0 Å². The molecule has 0 fully saturated rings. The maximum Gasteiger partial charge on any atom is 0.231 e. The fraction of sp³-hybridized carbons (Fsp3) is 0.212. The molecule has 0 unspecified atom stereocenters. The van der Waals surface area contributed by atoms with Crippen molar-refractivity contribution in [2.24, 2.45) is 5.73 Å². The van der Waals surface area contributed by atoms with Crippen LogP contribution in [0.3, 0.4) is 0 Å². The van der Waals surface area contributed by atoms with E-state index in [1.54, 1.807) is 68.8 Å². The molecule has 0 aliphatic carbocycles. The lowest BCUT2D eigenvalue weighted by Crippen LogP contribution is -2.40. The minimum absolute atomic E-state index is 0.0000799. The van der Waals surface area contributed by atoms with Crippen molar-refractivity contribution in [1.82, 2.24) is 19.9 Å². The first kappa shape index (κ1) is 28.8. The number of amides is 1. The smallest absolute Gasteiger partial charge is 0.231 e. The second-order valence-electron chi connectivity index (χ2n) is 11.3. The van der Waals surface area contributed by atoms with Crippen LogP contribution in [-0.4, -0.2) is 43.3 Å². The van der Waals surface area contributed by atoms with Gasteiger partial charge in [-0.05, 0) is 68.8 Å². The summed E-state index contributed by atoms with van der Waals surface area (Å²) in [5, 5.41) is 15.7. The summed E-state index contributed by atoms with van der Waals surface area (Å²) < 4.78 is 19.6. The highest BCUT2D eigenvalue weighted by Crippen LogP contribution is 2.46. The molecule has 0 saturated carbocycles. The highest BCUT2D eigenvalue weighted by Gasteiger charge is 2.45. The number of hydrogen-bond acceptors (Lipinski definition) is 9. The number of fused-ring (bicyclic) bond motifs is 2. The van der Waals surface area contributed by atoms with Gasteiger partial charge < -0.3 is 20.9 Å². The predicted octanol–water partition coefficient (Wildman–Crippen LogP) is 4.98. The quantitative estimate of drug-likeness (QED) is 0.201. The normalized spacial score (nSPS) is 17.0. The fourth-order valence-corrected chi connectivity index (χ4v) is 5.26. The van der Waals surface area contributed by atoms with Gasteiger partial charge in [-0.3, -0.25) is 14.6 Å². The van der Waals surface area contributed by atoms with Crippen LogP contribution in [0.15, 0.2) is 79.5 Å². The number of pyridine rings is 2. The van der Waals surface area contributed by atoms with E-state index in [0.717, 1.165) is 5.39 Å². The molecule has 1 aliphatic rings. The van der Waals surface area contributed by atoms with Gasteiger partial charge in [0, 0.05) is 34.7 Å². The van der Waals surface area contributed by atoms with Crippen LogP contribution in [0, 0.1) is 5.82 Å². The largest absolute Gasteiger partial charge is 0.489 e. The molecule has 1 amide bonds. The maximum absolute atomic E-state index is 13.7. The number of benzene rings is 2. The van der Waals surface area contributed by atoms with Gasteiger partial charge in [-0.1, -0.05) is 6.07 Å². The first-order chi connectivity index (χ1) is 21.0. The van der Waals surface area contributed by atoms with Gasteiger partial charge in [0.15, 0.2) is 5.78 Å². The van der Waals surface area contributed by atoms with E-state index in [1.807, 2.05) is 6.07 Å². The summed E-state index contributed by atoms with van der Waals surface area (Å²) in [6.45, 7) is 3.23. The number of nitrogens with one attached hydrogen (secondary N) is 1. The summed E-state index contributed by atoms with van der Waals surface area (Å²) in [6, 6.07) is 14.4. The van der Waals surface area contributed by atoms with E-state index in [9.17, 15) is 19.1 Å². The number of aliphatic hydroxyl groups is 1. The Bertz CT molecular complexity index is 1900. The molecule has 0 radical (unpaired) electrons. The van der Waals surface area contributed by atoms with Crippen LogP contribution in [-0.2, 0) is 15.8 Å². The Morgan fingerprint density at radius 1 is 1.14 bits per heavy atom. The molecule has 2 atom stereocenters. The Morgan fingerprint density at radius 3 is 2.61 bits per heavy atom. The molecule has 2 aromatic carbocycles. The van der Waals surface area contributed by atoms with E-state index >= 15 is 0 Å². The van der Waals surface area contributed by atoms with Crippen LogP contribution in [0.4, 0.5) is 15.8 Å². The Balaban J connectivity index is 1.32. The summed E-state index contributed by atoms with van der Waals surface area (Å²) in [5.41, 5.74) is 6.97. The second kappa shape index (κ2) is 11.1. The number of carbonyl (C=O) groups excluding carboxylic acids is 2. The van der Waals surface area contributed by atoms with Gasteiger partial charge >= 0.3 is 0 Å². The Labute approximate surface area is 252 Å². The number of rotatable bonds is 9. The zero-order chi connectivity index (χ0) is 31.1. The molecule has 1 aliphatic heterocycles. The van der Waals surface area contributed by atoms with E-state index in [-0.39, 0.29) is 30.9 Å². The van der Waals surface area contributed by atoms with Gasteiger partial charge in [-0.25, -0.2) is 19.3 Å². The lowest BCUT2D eigenvalue weighted by atomic mass is 9.81. The lowest BCUT2D eigenvalue weighted by molar-refractivity contribution is -0.123. The molecule has 5 aromatic rings. The zero-order valence-electron chi connectivity index (χ0n) is 24.0. The molecule has 4 heterocycles. The highest BCUT2D eigenvalue weighted by atomic mass is 19.1. The Hall–Kier alpha value is -5.29. The highest BCUT2D eigenvalue weighted by molar-refractivity contribution is 6.03. The van der Waals surface area contributed by atoms with E-state index in [4.69, 9.17) is 15.5 Å². The van der Waals surface area contributed by atoms with E-state index in [0.29, 0.717) is 45.0 Å². The average Bonchev–Trinajstić information content (AvgIpc) is 3.38. The summed E-state index contributed by atoms with van der Waals surface area (Å²) in [6.07, 6.45) is 6.34. The molecular formula is C33H29FN6O4. The number of Topliss-reactive ketones (excluding diaryl/α,β-unsaturated/α-hetero) is 1. The fourth-order valence-electron chi connectivity index (χ4n) is 5.26. The Kier molecular flexibility index (Phi) is 7.26.